The van der Waals surface area contributed by atoms with Gasteiger partial charge in [-0.25, -0.2) is 0 Å². The van der Waals surface area contributed by atoms with Crippen molar-refractivity contribution in [3.63, 3.8) is 0 Å². The molecular weight excluding hydrogens is 657 g/mol. The van der Waals surface area contributed by atoms with E-state index >= 15 is 0 Å². The van der Waals surface area contributed by atoms with E-state index in [4.69, 9.17) is 4.42 Å². The van der Waals surface area contributed by atoms with Crippen LogP contribution in [0.2, 0.25) is 0 Å². The first-order valence-corrected chi connectivity index (χ1v) is 18.4. The summed E-state index contributed by atoms with van der Waals surface area (Å²) in [4.78, 5) is 4.53. The molecule has 3 aromatic heterocycles. The van der Waals surface area contributed by atoms with Crippen LogP contribution in [0, 0.1) is 0 Å². The van der Waals surface area contributed by atoms with Gasteiger partial charge in [-0.1, -0.05) is 121 Å². The van der Waals surface area contributed by atoms with E-state index in [9.17, 15) is 0 Å². The van der Waals surface area contributed by atoms with E-state index in [-0.39, 0.29) is 0 Å². The highest BCUT2D eigenvalue weighted by molar-refractivity contribution is 6.33. The molecule has 3 nitrogen and oxygen atoms in total. The van der Waals surface area contributed by atoms with Crippen LogP contribution in [0.4, 0.5) is 0 Å². The van der Waals surface area contributed by atoms with Gasteiger partial charge in [-0.3, -0.25) is 4.98 Å². The molecule has 12 rings (SSSR count). The van der Waals surface area contributed by atoms with Crippen molar-refractivity contribution < 1.29 is 4.42 Å². The smallest absolute Gasteiger partial charge is 0.135 e. The van der Waals surface area contributed by atoms with Crippen molar-refractivity contribution in [2.45, 2.75) is 0 Å². The third-order valence-corrected chi connectivity index (χ3v) is 11.4. The standard InChI is InChI=1S/C51H30N2O/c1-2-12-36-31(9-1)10-7-16-37(36)34-20-25-49-46(29-34)45-28-33(19-24-48(45)54-49)32-18-21-42-44(27-32)39-14-4-3-13-38(39)41-22-23-43-40-15-5-6-17-47(40)53(51(43)50(41)42)35-11-8-26-52-30-35/h1-30H. The van der Waals surface area contributed by atoms with Gasteiger partial charge in [0.05, 0.1) is 22.9 Å². The number of pyridine rings is 1. The molecule has 0 unspecified atom stereocenters. The number of para-hydroxylation sites is 1. The van der Waals surface area contributed by atoms with Crippen LogP contribution in [-0.2, 0) is 0 Å². The van der Waals surface area contributed by atoms with Gasteiger partial charge in [0.2, 0.25) is 0 Å². The van der Waals surface area contributed by atoms with Gasteiger partial charge in [0.25, 0.3) is 0 Å². The molecule has 0 aliphatic carbocycles. The highest BCUT2D eigenvalue weighted by Crippen LogP contribution is 2.44. The lowest BCUT2D eigenvalue weighted by molar-refractivity contribution is 0.669. The van der Waals surface area contributed by atoms with Crippen molar-refractivity contribution in [1.82, 2.24) is 9.55 Å². The van der Waals surface area contributed by atoms with Crippen molar-refractivity contribution in [3.05, 3.63) is 182 Å². The maximum Gasteiger partial charge on any atom is 0.135 e. The van der Waals surface area contributed by atoms with Gasteiger partial charge < -0.3 is 8.98 Å². The summed E-state index contributed by atoms with van der Waals surface area (Å²) in [6.07, 6.45) is 3.81. The summed E-state index contributed by atoms with van der Waals surface area (Å²) in [5.41, 5.74) is 9.98. The first kappa shape index (κ1) is 29.4. The Balaban J connectivity index is 1.11. The Kier molecular flexibility index (Phi) is 6.05. The van der Waals surface area contributed by atoms with Crippen LogP contribution in [0.3, 0.4) is 0 Å². The van der Waals surface area contributed by atoms with Gasteiger partial charge in [0.1, 0.15) is 11.2 Å². The first-order chi connectivity index (χ1) is 26.8. The Morgan fingerprint density at radius 1 is 0.407 bits per heavy atom. The Labute approximate surface area is 309 Å². The minimum atomic E-state index is 0.895. The molecule has 0 N–H and O–H groups in total. The number of rotatable bonds is 3. The zero-order valence-corrected chi connectivity index (χ0v) is 29.1. The number of hydrogen-bond acceptors (Lipinski definition) is 2. The van der Waals surface area contributed by atoms with E-state index in [0.717, 1.165) is 33.2 Å². The van der Waals surface area contributed by atoms with Crippen molar-refractivity contribution in [1.29, 1.82) is 0 Å². The molecule has 54 heavy (non-hydrogen) atoms. The van der Waals surface area contributed by atoms with Gasteiger partial charge in [-0.2, -0.15) is 0 Å². The van der Waals surface area contributed by atoms with Gasteiger partial charge >= 0.3 is 0 Å². The van der Waals surface area contributed by atoms with Crippen molar-refractivity contribution in [2.75, 3.05) is 0 Å². The second-order valence-corrected chi connectivity index (χ2v) is 14.3. The van der Waals surface area contributed by atoms with Crippen LogP contribution in [0.25, 0.3) is 115 Å². The fraction of sp³-hybridized carbons (Fsp3) is 0. The lowest BCUT2D eigenvalue weighted by Crippen LogP contribution is -1.95. The van der Waals surface area contributed by atoms with E-state index < -0.39 is 0 Å². The predicted molar refractivity (Wildman–Crippen MR) is 227 cm³/mol. The third kappa shape index (κ3) is 4.15. The van der Waals surface area contributed by atoms with Crippen molar-refractivity contribution in [2.24, 2.45) is 0 Å². The summed E-state index contributed by atoms with van der Waals surface area (Å²) in [6.45, 7) is 0. The van der Waals surface area contributed by atoms with Crippen LogP contribution in [0.5, 0.6) is 0 Å². The maximum absolute atomic E-state index is 6.40. The Hall–Kier alpha value is -7.23. The van der Waals surface area contributed by atoms with Gasteiger partial charge in [0.15, 0.2) is 0 Å². The average Bonchev–Trinajstić information content (AvgIpc) is 3.78. The zero-order valence-electron chi connectivity index (χ0n) is 29.1. The normalized spacial score (nSPS) is 12.1. The van der Waals surface area contributed by atoms with Crippen molar-refractivity contribution >= 4 is 86.8 Å². The summed E-state index contributed by atoms with van der Waals surface area (Å²) in [6, 6.07) is 61.7. The fourth-order valence-electron chi connectivity index (χ4n) is 9.03. The molecule has 250 valence electrons. The topological polar surface area (TPSA) is 31.0 Å². The molecule has 9 aromatic carbocycles. The van der Waals surface area contributed by atoms with Crippen LogP contribution >= 0.6 is 0 Å². The molecule has 0 spiro atoms. The maximum atomic E-state index is 6.40. The molecule has 0 aliphatic rings. The molecule has 0 saturated carbocycles. The number of aromatic nitrogens is 2. The Bertz CT molecular complexity index is 3490. The summed E-state index contributed by atoms with van der Waals surface area (Å²) in [5.74, 6) is 0. The second kappa shape index (κ2) is 11.1. The zero-order chi connectivity index (χ0) is 35.3. The second-order valence-electron chi connectivity index (χ2n) is 14.3. The fourth-order valence-corrected chi connectivity index (χ4v) is 9.03. The highest BCUT2D eigenvalue weighted by atomic mass is 16.3. The lowest BCUT2D eigenvalue weighted by Gasteiger charge is -2.15. The molecule has 0 fully saturated rings. The minimum Gasteiger partial charge on any atom is -0.456 e. The monoisotopic (exact) mass is 686 g/mol. The van der Waals surface area contributed by atoms with Crippen LogP contribution in [-0.4, -0.2) is 9.55 Å². The molecule has 0 aliphatic heterocycles. The summed E-state index contributed by atoms with van der Waals surface area (Å²) in [5, 5.41) is 14.7. The van der Waals surface area contributed by atoms with Gasteiger partial charge in [-0.15, -0.1) is 0 Å². The summed E-state index contributed by atoms with van der Waals surface area (Å²) >= 11 is 0. The quantitative estimate of drug-likeness (QED) is 0.173. The number of hydrogen-bond donors (Lipinski definition) is 0. The van der Waals surface area contributed by atoms with E-state index in [2.05, 4.69) is 173 Å². The lowest BCUT2D eigenvalue weighted by atomic mass is 9.90. The molecule has 3 heterocycles. The third-order valence-electron chi connectivity index (χ3n) is 11.4. The molecule has 0 saturated heterocycles. The highest BCUT2D eigenvalue weighted by Gasteiger charge is 2.19. The summed E-state index contributed by atoms with van der Waals surface area (Å²) < 4.78 is 8.80. The number of fused-ring (bicyclic) bond motifs is 14. The molecule has 3 heteroatoms. The van der Waals surface area contributed by atoms with E-state index in [1.165, 1.54) is 81.6 Å². The van der Waals surface area contributed by atoms with Crippen LogP contribution in [0.1, 0.15) is 0 Å². The molecule has 0 amide bonds. The summed E-state index contributed by atoms with van der Waals surface area (Å²) in [7, 11) is 0. The van der Waals surface area contributed by atoms with Gasteiger partial charge in [0, 0.05) is 33.1 Å². The molecule has 0 atom stereocenters. The minimum absolute atomic E-state index is 0.895. The van der Waals surface area contributed by atoms with E-state index in [1.807, 2.05) is 18.5 Å². The predicted octanol–water partition coefficient (Wildman–Crippen LogP) is 14.0. The molecule has 0 radical (unpaired) electrons. The molecular formula is C51H30N2O. The molecule has 12 aromatic rings. The molecule has 0 bridgehead atoms. The van der Waals surface area contributed by atoms with E-state index in [1.54, 1.807) is 0 Å². The van der Waals surface area contributed by atoms with E-state index in [0.29, 0.717) is 0 Å². The van der Waals surface area contributed by atoms with Crippen LogP contribution < -0.4 is 0 Å². The largest absolute Gasteiger partial charge is 0.456 e. The SMILES string of the molecule is c1cncc(-n2c3ccccc3c3ccc4c5ccccc5c5cc(-c6ccc7oc8ccc(-c9cccc%10ccccc9%10)cc8c7c6)ccc5c4c32)c1. The van der Waals surface area contributed by atoms with Crippen molar-refractivity contribution in [3.8, 4) is 27.9 Å². The Morgan fingerprint density at radius 2 is 1.02 bits per heavy atom. The number of nitrogens with zero attached hydrogens (tertiary/aromatic N) is 2. The first-order valence-electron chi connectivity index (χ1n) is 18.4. The average molecular weight is 687 g/mol. The number of benzene rings is 9. The number of furan rings is 1. The van der Waals surface area contributed by atoms with Gasteiger partial charge in [-0.05, 0) is 108 Å². The van der Waals surface area contributed by atoms with Crippen LogP contribution in [0.15, 0.2) is 187 Å². The Morgan fingerprint density at radius 3 is 1.83 bits per heavy atom.